The zero-order valence-corrected chi connectivity index (χ0v) is 20.3. The van der Waals surface area contributed by atoms with Gasteiger partial charge in [-0.2, -0.15) is 0 Å². The molecule has 0 aliphatic rings. The van der Waals surface area contributed by atoms with Gasteiger partial charge in [0.25, 0.3) is 0 Å². The number of carbonyl (C=O) groups is 4. The fraction of sp³-hybridized carbons (Fsp3) is 0.762. The third kappa shape index (κ3) is 12.1. The zero-order valence-electron chi connectivity index (χ0n) is 20.3. The highest BCUT2D eigenvalue weighted by Crippen LogP contribution is 2.08. The molecule has 5 unspecified atom stereocenters. The molecule has 12 heteroatoms. The lowest BCUT2D eigenvalue weighted by Gasteiger charge is -2.25. The second-order valence-electron chi connectivity index (χ2n) is 8.68. The van der Waals surface area contributed by atoms with E-state index < -0.39 is 47.9 Å². The van der Waals surface area contributed by atoms with Crippen LogP contribution in [0.5, 0.6) is 0 Å². The van der Waals surface area contributed by atoms with Crippen molar-refractivity contribution in [1.29, 1.82) is 0 Å². The van der Waals surface area contributed by atoms with Crippen LogP contribution in [0, 0.1) is 11.8 Å². The summed E-state index contributed by atoms with van der Waals surface area (Å²) >= 11 is 0. The molecule has 0 aromatic rings. The molecule has 0 heterocycles. The van der Waals surface area contributed by atoms with Gasteiger partial charge in [0.1, 0.15) is 18.1 Å². The maximum atomic E-state index is 12.8. The molecule has 0 aliphatic carbocycles. The van der Waals surface area contributed by atoms with Gasteiger partial charge >= 0.3 is 5.97 Å². The molecule has 0 saturated carbocycles. The molecule has 0 bridgehead atoms. The number of nitrogens with two attached hydrogens (primary N) is 3. The predicted molar refractivity (Wildman–Crippen MR) is 126 cm³/mol. The van der Waals surface area contributed by atoms with Crippen molar-refractivity contribution in [2.45, 2.75) is 84.5 Å². The SMILES string of the molecule is CCC(C)C(N)C(=O)NC(C)C(=O)NC(CC(C)C)C(=O)NC(CCCN=C(N)N)C(=O)O. The van der Waals surface area contributed by atoms with E-state index in [0.717, 1.165) is 0 Å². The standard InChI is InChI=1S/C21H41N7O5/c1-6-12(4)16(22)19(31)26-13(5)17(29)28-15(10-11(2)3)18(30)27-14(20(32)33)8-7-9-25-21(23)24/h11-16H,6-10,22H2,1-5H3,(H,26,31)(H,27,30)(H,28,29)(H,32,33)(H4,23,24,25). The van der Waals surface area contributed by atoms with E-state index in [1.54, 1.807) is 0 Å². The van der Waals surface area contributed by atoms with Crippen LogP contribution in [0.1, 0.15) is 60.3 Å². The topological polar surface area (TPSA) is 215 Å². The van der Waals surface area contributed by atoms with Crippen LogP contribution in [0.25, 0.3) is 0 Å². The lowest BCUT2D eigenvalue weighted by Crippen LogP contribution is -2.57. The summed E-state index contributed by atoms with van der Waals surface area (Å²) in [6.45, 7) is 9.21. The largest absolute Gasteiger partial charge is 0.480 e. The summed E-state index contributed by atoms with van der Waals surface area (Å²) < 4.78 is 0. The quantitative estimate of drug-likeness (QED) is 0.0892. The third-order valence-corrected chi connectivity index (χ3v) is 5.21. The van der Waals surface area contributed by atoms with E-state index in [4.69, 9.17) is 17.2 Å². The monoisotopic (exact) mass is 471 g/mol. The lowest BCUT2D eigenvalue weighted by molar-refractivity contribution is -0.142. The van der Waals surface area contributed by atoms with E-state index in [1.807, 2.05) is 27.7 Å². The molecule has 0 aromatic carbocycles. The van der Waals surface area contributed by atoms with Gasteiger partial charge in [0, 0.05) is 6.54 Å². The minimum Gasteiger partial charge on any atom is -0.480 e. The van der Waals surface area contributed by atoms with Gasteiger partial charge in [-0.05, 0) is 38.0 Å². The van der Waals surface area contributed by atoms with Crippen molar-refractivity contribution in [2.75, 3.05) is 6.54 Å². The number of hydrogen-bond acceptors (Lipinski definition) is 6. The summed E-state index contributed by atoms with van der Waals surface area (Å²) in [6.07, 6.45) is 1.45. The molecule has 10 N–H and O–H groups in total. The van der Waals surface area contributed by atoms with Crippen molar-refractivity contribution < 1.29 is 24.3 Å². The first-order valence-electron chi connectivity index (χ1n) is 11.2. The normalized spacial score (nSPS) is 15.5. The number of carbonyl (C=O) groups excluding carboxylic acids is 3. The molecular formula is C21H41N7O5. The highest BCUT2D eigenvalue weighted by molar-refractivity contribution is 5.93. The van der Waals surface area contributed by atoms with E-state index in [1.165, 1.54) is 6.92 Å². The van der Waals surface area contributed by atoms with Gasteiger partial charge in [0.15, 0.2) is 5.96 Å². The first kappa shape index (κ1) is 30.1. The number of nitrogens with zero attached hydrogens (tertiary/aromatic N) is 1. The smallest absolute Gasteiger partial charge is 0.326 e. The molecule has 0 spiro atoms. The highest BCUT2D eigenvalue weighted by atomic mass is 16.4. The van der Waals surface area contributed by atoms with Crippen molar-refractivity contribution >= 4 is 29.7 Å². The molecule has 0 aromatic heterocycles. The van der Waals surface area contributed by atoms with Crippen molar-refractivity contribution in [2.24, 2.45) is 34.0 Å². The van der Waals surface area contributed by atoms with Crippen LogP contribution in [0.4, 0.5) is 0 Å². The van der Waals surface area contributed by atoms with Crippen LogP contribution in [0.3, 0.4) is 0 Å². The molecule has 0 saturated heterocycles. The molecule has 12 nitrogen and oxygen atoms in total. The Morgan fingerprint density at radius 2 is 1.48 bits per heavy atom. The Morgan fingerprint density at radius 1 is 0.909 bits per heavy atom. The number of nitrogens with one attached hydrogen (secondary N) is 3. The number of amides is 3. The van der Waals surface area contributed by atoms with Gasteiger partial charge in [-0.3, -0.25) is 19.4 Å². The molecule has 0 rings (SSSR count). The van der Waals surface area contributed by atoms with Crippen LogP contribution in [-0.4, -0.2) is 65.5 Å². The van der Waals surface area contributed by atoms with Crippen molar-refractivity contribution in [3.63, 3.8) is 0 Å². The number of rotatable bonds is 15. The minimum atomic E-state index is -1.21. The van der Waals surface area contributed by atoms with Gasteiger partial charge < -0.3 is 38.3 Å². The van der Waals surface area contributed by atoms with Gasteiger partial charge in [-0.1, -0.05) is 34.1 Å². The highest BCUT2D eigenvalue weighted by Gasteiger charge is 2.29. The first-order valence-corrected chi connectivity index (χ1v) is 11.2. The summed E-state index contributed by atoms with van der Waals surface area (Å²) in [5.41, 5.74) is 16.4. The Kier molecular flexibility index (Phi) is 13.7. The second kappa shape index (κ2) is 15.0. The fourth-order valence-corrected chi connectivity index (χ4v) is 2.92. The number of aliphatic carboxylic acids is 1. The average Bonchev–Trinajstić information content (AvgIpc) is 2.72. The Balaban J connectivity index is 5.13. The van der Waals surface area contributed by atoms with Crippen molar-refractivity contribution in [1.82, 2.24) is 16.0 Å². The zero-order chi connectivity index (χ0) is 25.7. The summed E-state index contributed by atoms with van der Waals surface area (Å²) in [6, 6.07) is -3.82. The molecule has 0 radical (unpaired) electrons. The summed E-state index contributed by atoms with van der Waals surface area (Å²) in [5.74, 6) is -2.97. The Morgan fingerprint density at radius 3 is 1.97 bits per heavy atom. The van der Waals surface area contributed by atoms with E-state index in [2.05, 4.69) is 20.9 Å². The van der Waals surface area contributed by atoms with Crippen molar-refractivity contribution in [3.8, 4) is 0 Å². The molecule has 33 heavy (non-hydrogen) atoms. The Labute approximate surface area is 195 Å². The van der Waals surface area contributed by atoms with Gasteiger partial charge in [-0.15, -0.1) is 0 Å². The van der Waals surface area contributed by atoms with Crippen LogP contribution < -0.4 is 33.2 Å². The fourth-order valence-electron chi connectivity index (χ4n) is 2.92. The lowest BCUT2D eigenvalue weighted by atomic mass is 9.99. The number of hydrogen-bond donors (Lipinski definition) is 7. The van der Waals surface area contributed by atoms with Crippen LogP contribution in [-0.2, 0) is 19.2 Å². The number of carboxylic acids is 1. The number of carboxylic acid groups (broad SMARTS) is 1. The third-order valence-electron chi connectivity index (χ3n) is 5.21. The van der Waals surface area contributed by atoms with Crippen molar-refractivity contribution in [3.05, 3.63) is 0 Å². The minimum absolute atomic E-state index is 0.0370. The van der Waals surface area contributed by atoms with Crippen LogP contribution >= 0.6 is 0 Å². The molecule has 190 valence electrons. The van der Waals surface area contributed by atoms with Crippen LogP contribution in [0.2, 0.25) is 0 Å². The maximum Gasteiger partial charge on any atom is 0.326 e. The summed E-state index contributed by atoms with van der Waals surface area (Å²) in [4.78, 5) is 53.0. The summed E-state index contributed by atoms with van der Waals surface area (Å²) in [5, 5.41) is 17.1. The first-order chi connectivity index (χ1) is 15.3. The average molecular weight is 472 g/mol. The van der Waals surface area contributed by atoms with Gasteiger partial charge in [0.2, 0.25) is 17.7 Å². The van der Waals surface area contributed by atoms with E-state index in [0.29, 0.717) is 12.8 Å². The molecule has 5 atom stereocenters. The predicted octanol–water partition coefficient (Wildman–Crippen LogP) is -0.982. The molecule has 0 aliphatic heterocycles. The number of aliphatic imine (C=N–C) groups is 1. The van der Waals surface area contributed by atoms with E-state index in [9.17, 15) is 24.3 Å². The molecule has 3 amide bonds. The van der Waals surface area contributed by atoms with Crippen LogP contribution in [0.15, 0.2) is 4.99 Å². The Bertz CT molecular complexity index is 694. The molecular weight excluding hydrogens is 430 g/mol. The number of guanidine groups is 1. The van der Waals surface area contributed by atoms with Gasteiger partial charge in [0.05, 0.1) is 6.04 Å². The maximum absolute atomic E-state index is 12.8. The Hall–Kier alpha value is -2.89. The second-order valence-corrected chi connectivity index (χ2v) is 8.68. The van der Waals surface area contributed by atoms with E-state index in [-0.39, 0.29) is 37.2 Å². The van der Waals surface area contributed by atoms with Gasteiger partial charge in [-0.25, -0.2) is 4.79 Å². The molecule has 0 fully saturated rings. The summed E-state index contributed by atoms with van der Waals surface area (Å²) in [7, 11) is 0. The van der Waals surface area contributed by atoms with E-state index >= 15 is 0 Å².